The average Bonchev–Trinajstić information content (AvgIpc) is 3.17. The van der Waals surface area contributed by atoms with Crippen LogP contribution in [-0.2, 0) is 6.54 Å². The topological polar surface area (TPSA) is 55.1 Å². The Morgan fingerprint density at radius 1 is 1.12 bits per heavy atom. The Balaban J connectivity index is 1.42. The van der Waals surface area contributed by atoms with E-state index in [0.29, 0.717) is 5.92 Å². The van der Waals surface area contributed by atoms with Gasteiger partial charge < -0.3 is 4.52 Å². The lowest BCUT2D eigenvalue weighted by Gasteiger charge is -2.22. The number of para-hydroxylation sites is 1. The van der Waals surface area contributed by atoms with E-state index in [0.717, 1.165) is 36.7 Å². The number of fused-ring (bicyclic) bond motifs is 1. The number of aromatic nitrogens is 3. The maximum absolute atomic E-state index is 5.47. The fraction of sp³-hybridized carbons (Fsp3) is 0.421. The number of nitrogens with zero attached hydrogens (tertiary/aromatic N) is 4. The Labute approximate surface area is 140 Å². The Bertz CT molecular complexity index is 865. The zero-order valence-corrected chi connectivity index (χ0v) is 13.6. The van der Waals surface area contributed by atoms with Crippen LogP contribution in [0.15, 0.2) is 41.1 Å². The van der Waals surface area contributed by atoms with E-state index in [4.69, 9.17) is 4.52 Å². The molecule has 5 nitrogen and oxygen atoms in total. The molecule has 1 aliphatic carbocycles. The molecule has 0 amide bonds. The summed E-state index contributed by atoms with van der Waals surface area (Å²) < 4.78 is 5.47. The van der Waals surface area contributed by atoms with Gasteiger partial charge in [0.15, 0.2) is 5.82 Å². The summed E-state index contributed by atoms with van der Waals surface area (Å²) in [5, 5.41) is 5.47. The lowest BCUT2D eigenvalue weighted by molar-refractivity contribution is 0.234. The van der Waals surface area contributed by atoms with Crippen LogP contribution in [0.25, 0.3) is 10.9 Å². The summed E-state index contributed by atoms with van der Waals surface area (Å²) in [6, 6.07) is 10.8. The molecule has 24 heavy (non-hydrogen) atoms. The highest BCUT2D eigenvalue weighted by atomic mass is 16.5. The van der Waals surface area contributed by atoms with Crippen LogP contribution in [0.1, 0.15) is 54.9 Å². The third kappa shape index (κ3) is 2.49. The summed E-state index contributed by atoms with van der Waals surface area (Å²) >= 11 is 0. The largest absolute Gasteiger partial charge is 0.339 e. The normalized spacial score (nSPS) is 21.6. The van der Waals surface area contributed by atoms with Gasteiger partial charge in [0.25, 0.3) is 0 Å². The van der Waals surface area contributed by atoms with Crippen molar-refractivity contribution in [2.24, 2.45) is 0 Å². The van der Waals surface area contributed by atoms with Crippen molar-refractivity contribution in [1.29, 1.82) is 0 Å². The van der Waals surface area contributed by atoms with Gasteiger partial charge in [-0.05, 0) is 43.9 Å². The minimum absolute atomic E-state index is 0.264. The zero-order valence-electron chi connectivity index (χ0n) is 13.6. The summed E-state index contributed by atoms with van der Waals surface area (Å²) in [5.41, 5.74) is 2.36. The van der Waals surface area contributed by atoms with Crippen molar-refractivity contribution in [2.45, 2.75) is 44.2 Å². The van der Waals surface area contributed by atoms with Crippen LogP contribution >= 0.6 is 0 Å². The highest BCUT2D eigenvalue weighted by molar-refractivity contribution is 5.81. The molecule has 122 valence electrons. The second-order valence-corrected chi connectivity index (χ2v) is 6.89. The highest BCUT2D eigenvalue weighted by Crippen LogP contribution is 2.40. The standard InChI is InChI=1S/C19H20N4O/c1-4-13-6-2-10-20-17(13)15(5-1)12-23-11-3-7-16(23)18-21-19(24-22-18)14-8-9-14/h1-2,4-6,10,14,16H,3,7-9,11-12H2/t16-/m1/s1. The van der Waals surface area contributed by atoms with Crippen LogP contribution < -0.4 is 0 Å². The van der Waals surface area contributed by atoms with Gasteiger partial charge in [-0.15, -0.1) is 0 Å². The number of pyridine rings is 1. The van der Waals surface area contributed by atoms with Crippen molar-refractivity contribution in [1.82, 2.24) is 20.0 Å². The summed E-state index contributed by atoms with van der Waals surface area (Å²) in [7, 11) is 0. The van der Waals surface area contributed by atoms with E-state index < -0.39 is 0 Å². The van der Waals surface area contributed by atoms with E-state index in [2.05, 4.69) is 44.3 Å². The first-order chi connectivity index (χ1) is 11.9. The Morgan fingerprint density at radius 2 is 2.04 bits per heavy atom. The van der Waals surface area contributed by atoms with Gasteiger partial charge in [0.1, 0.15) is 0 Å². The number of likely N-dealkylation sites (tertiary alicyclic amines) is 1. The lowest BCUT2D eigenvalue weighted by atomic mass is 10.1. The molecule has 0 bridgehead atoms. The molecule has 1 aromatic carbocycles. The van der Waals surface area contributed by atoms with E-state index in [1.807, 2.05) is 12.3 Å². The van der Waals surface area contributed by atoms with Gasteiger partial charge in [-0.3, -0.25) is 9.88 Å². The second kappa shape index (κ2) is 5.67. The number of benzene rings is 1. The maximum atomic E-state index is 5.47. The third-order valence-corrected chi connectivity index (χ3v) is 5.14. The minimum atomic E-state index is 0.264. The zero-order chi connectivity index (χ0) is 15.9. The summed E-state index contributed by atoms with van der Waals surface area (Å²) in [6.45, 7) is 1.95. The molecule has 5 rings (SSSR count). The van der Waals surface area contributed by atoms with Crippen LogP contribution in [0.2, 0.25) is 0 Å². The number of hydrogen-bond donors (Lipinski definition) is 0. The smallest absolute Gasteiger partial charge is 0.229 e. The predicted octanol–water partition coefficient (Wildman–Crippen LogP) is 3.83. The Morgan fingerprint density at radius 3 is 2.96 bits per heavy atom. The van der Waals surface area contributed by atoms with Gasteiger partial charge >= 0.3 is 0 Å². The molecule has 1 aliphatic heterocycles. The molecule has 3 heterocycles. The van der Waals surface area contributed by atoms with Crippen LogP contribution in [0, 0.1) is 0 Å². The second-order valence-electron chi connectivity index (χ2n) is 6.89. The summed E-state index contributed by atoms with van der Waals surface area (Å²) in [6.07, 6.45) is 6.53. The van der Waals surface area contributed by atoms with Crippen molar-refractivity contribution in [3.8, 4) is 0 Å². The highest BCUT2D eigenvalue weighted by Gasteiger charge is 2.34. The van der Waals surface area contributed by atoms with Gasteiger partial charge in [0, 0.05) is 24.0 Å². The fourth-order valence-electron chi connectivity index (χ4n) is 3.70. The summed E-state index contributed by atoms with van der Waals surface area (Å²) in [4.78, 5) is 11.7. The van der Waals surface area contributed by atoms with Crippen molar-refractivity contribution < 1.29 is 4.52 Å². The van der Waals surface area contributed by atoms with Crippen molar-refractivity contribution in [3.63, 3.8) is 0 Å². The quantitative estimate of drug-likeness (QED) is 0.731. The van der Waals surface area contributed by atoms with E-state index in [1.165, 1.54) is 30.2 Å². The molecule has 1 atom stereocenters. The molecular formula is C19H20N4O. The van der Waals surface area contributed by atoms with E-state index in [1.54, 1.807) is 0 Å². The van der Waals surface area contributed by atoms with Crippen LogP contribution in [0.4, 0.5) is 0 Å². The molecular weight excluding hydrogens is 300 g/mol. The summed E-state index contributed by atoms with van der Waals surface area (Å²) in [5.74, 6) is 2.22. The van der Waals surface area contributed by atoms with Crippen molar-refractivity contribution in [2.75, 3.05) is 6.54 Å². The number of rotatable bonds is 4. The molecule has 0 radical (unpaired) electrons. The molecule has 2 fully saturated rings. The first kappa shape index (κ1) is 14.1. The molecule has 2 aromatic heterocycles. The van der Waals surface area contributed by atoms with Gasteiger partial charge in [-0.2, -0.15) is 4.98 Å². The van der Waals surface area contributed by atoms with Crippen LogP contribution in [0.5, 0.6) is 0 Å². The molecule has 0 N–H and O–H groups in total. The molecule has 5 heteroatoms. The first-order valence-corrected chi connectivity index (χ1v) is 8.78. The van der Waals surface area contributed by atoms with Crippen molar-refractivity contribution in [3.05, 3.63) is 53.8 Å². The third-order valence-electron chi connectivity index (χ3n) is 5.14. The van der Waals surface area contributed by atoms with Crippen LogP contribution in [0.3, 0.4) is 0 Å². The van der Waals surface area contributed by atoms with E-state index in [-0.39, 0.29) is 6.04 Å². The lowest BCUT2D eigenvalue weighted by Crippen LogP contribution is -2.23. The molecule has 1 saturated carbocycles. The molecule has 2 aliphatic rings. The Kier molecular flexibility index (Phi) is 3.33. The first-order valence-electron chi connectivity index (χ1n) is 8.78. The Hall–Kier alpha value is -2.27. The van der Waals surface area contributed by atoms with E-state index >= 15 is 0 Å². The molecule has 3 aromatic rings. The number of hydrogen-bond acceptors (Lipinski definition) is 5. The average molecular weight is 320 g/mol. The van der Waals surface area contributed by atoms with E-state index in [9.17, 15) is 0 Å². The SMILES string of the molecule is c1cnc2c(CN3CCC[C@@H]3c3noc(C4CC4)n3)cccc2c1. The fourth-order valence-corrected chi connectivity index (χ4v) is 3.70. The van der Waals surface area contributed by atoms with Gasteiger partial charge in [0.2, 0.25) is 5.89 Å². The maximum Gasteiger partial charge on any atom is 0.229 e. The predicted molar refractivity (Wildman–Crippen MR) is 90.4 cm³/mol. The van der Waals surface area contributed by atoms with Gasteiger partial charge in [-0.25, -0.2) is 0 Å². The monoisotopic (exact) mass is 320 g/mol. The van der Waals surface area contributed by atoms with Gasteiger partial charge in [-0.1, -0.05) is 29.4 Å². The molecule has 1 saturated heterocycles. The van der Waals surface area contributed by atoms with Crippen molar-refractivity contribution >= 4 is 10.9 Å². The van der Waals surface area contributed by atoms with Crippen LogP contribution in [-0.4, -0.2) is 26.6 Å². The minimum Gasteiger partial charge on any atom is -0.339 e. The van der Waals surface area contributed by atoms with Gasteiger partial charge in [0.05, 0.1) is 11.6 Å². The molecule has 0 unspecified atom stereocenters. The molecule has 0 spiro atoms.